The molecule has 1 aliphatic carbocycles. The van der Waals surface area contributed by atoms with Gasteiger partial charge in [-0.15, -0.1) is 0 Å². The lowest BCUT2D eigenvalue weighted by Crippen LogP contribution is -2.36. The van der Waals surface area contributed by atoms with Crippen LogP contribution in [0.3, 0.4) is 0 Å². The molecule has 0 saturated heterocycles. The van der Waals surface area contributed by atoms with Gasteiger partial charge >= 0.3 is 0 Å². The Labute approximate surface area is 114 Å². The van der Waals surface area contributed by atoms with Crippen molar-refractivity contribution >= 4 is 5.91 Å². The maximum absolute atomic E-state index is 12.2. The molecule has 1 atom stereocenters. The topological polar surface area (TPSA) is 54.3 Å². The zero-order valence-electron chi connectivity index (χ0n) is 12.0. The third-order valence-corrected chi connectivity index (χ3v) is 3.53. The van der Waals surface area contributed by atoms with Gasteiger partial charge < -0.3 is 15.0 Å². The van der Waals surface area contributed by atoms with Crippen molar-refractivity contribution in [2.45, 2.75) is 52.2 Å². The highest BCUT2D eigenvalue weighted by Gasteiger charge is 2.27. The molecule has 0 radical (unpaired) electrons. The van der Waals surface area contributed by atoms with Crippen LogP contribution < -0.4 is 5.32 Å². The highest BCUT2D eigenvalue weighted by atomic mass is 16.3. The minimum Gasteiger partial charge on any atom is -0.393 e. The van der Waals surface area contributed by atoms with Crippen LogP contribution >= 0.6 is 0 Å². The van der Waals surface area contributed by atoms with Crippen LogP contribution in [-0.2, 0) is 0 Å². The molecule has 1 unspecified atom stereocenters. The van der Waals surface area contributed by atoms with E-state index in [9.17, 15) is 9.90 Å². The molecular weight excluding hydrogens is 240 g/mol. The van der Waals surface area contributed by atoms with Crippen LogP contribution in [0, 0.1) is 5.41 Å². The molecular formula is C15H24N2O2. The van der Waals surface area contributed by atoms with E-state index >= 15 is 0 Å². The monoisotopic (exact) mass is 264 g/mol. The van der Waals surface area contributed by atoms with Crippen LogP contribution in [0.2, 0.25) is 0 Å². The van der Waals surface area contributed by atoms with E-state index in [1.807, 2.05) is 18.3 Å². The van der Waals surface area contributed by atoms with Gasteiger partial charge in [0.15, 0.2) is 0 Å². The van der Waals surface area contributed by atoms with Gasteiger partial charge in [0.2, 0.25) is 0 Å². The predicted molar refractivity (Wildman–Crippen MR) is 75.1 cm³/mol. The van der Waals surface area contributed by atoms with Crippen molar-refractivity contribution in [3.8, 4) is 0 Å². The van der Waals surface area contributed by atoms with Gasteiger partial charge in [0.1, 0.15) is 5.69 Å². The Morgan fingerprint density at radius 2 is 2.26 bits per heavy atom. The van der Waals surface area contributed by atoms with E-state index < -0.39 is 0 Å². The number of carbonyl (C=O) groups excluding carboxylic acids is 1. The first-order valence-electron chi connectivity index (χ1n) is 7.02. The Hall–Kier alpha value is -1.29. The smallest absolute Gasteiger partial charge is 0.267 e. The molecule has 0 bridgehead atoms. The molecule has 1 saturated carbocycles. The molecule has 0 aliphatic heterocycles. The third-order valence-electron chi connectivity index (χ3n) is 3.53. The van der Waals surface area contributed by atoms with E-state index in [4.69, 9.17) is 0 Å². The van der Waals surface area contributed by atoms with Crippen molar-refractivity contribution in [3.05, 3.63) is 24.0 Å². The van der Waals surface area contributed by atoms with Crippen LogP contribution in [0.1, 0.15) is 56.6 Å². The maximum atomic E-state index is 12.2. The fraction of sp³-hybridized carbons (Fsp3) is 0.667. The molecule has 106 valence electrons. The number of hydrogen-bond acceptors (Lipinski definition) is 2. The normalized spacial score (nSPS) is 17.3. The zero-order valence-corrected chi connectivity index (χ0v) is 12.0. The zero-order chi connectivity index (χ0) is 14.0. The molecule has 2 rings (SSSR count). The average molecular weight is 264 g/mol. The fourth-order valence-electron chi connectivity index (χ4n) is 2.54. The number of aromatic nitrogens is 1. The van der Waals surface area contributed by atoms with Crippen LogP contribution in [0.4, 0.5) is 0 Å². The predicted octanol–water partition coefficient (Wildman–Crippen LogP) is 2.35. The van der Waals surface area contributed by atoms with E-state index in [0.29, 0.717) is 19.0 Å². The molecule has 0 spiro atoms. The number of amides is 1. The summed E-state index contributed by atoms with van der Waals surface area (Å²) in [5.41, 5.74) is 0.649. The number of rotatable bonds is 6. The van der Waals surface area contributed by atoms with Gasteiger partial charge in [0, 0.05) is 18.8 Å². The van der Waals surface area contributed by atoms with E-state index in [1.54, 1.807) is 6.92 Å². The van der Waals surface area contributed by atoms with Crippen molar-refractivity contribution in [2.75, 3.05) is 6.54 Å². The van der Waals surface area contributed by atoms with Gasteiger partial charge in [-0.1, -0.05) is 13.8 Å². The van der Waals surface area contributed by atoms with E-state index in [-0.39, 0.29) is 17.4 Å². The first-order valence-corrected chi connectivity index (χ1v) is 7.02. The highest BCUT2D eigenvalue weighted by Crippen LogP contribution is 2.36. The second kappa shape index (κ2) is 5.37. The van der Waals surface area contributed by atoms with Crippen molar-refractivity contribution in [1.82, 2.24) is 9.88 Å². The lowest BCUT2D eigenvalue weighted by Gasteiger charge is -2.26. The molecule has 19 heavy (non-hydrogen) atoms. The summed E-state index contributed by atoms with van der Waals surface area (Å²) in [5.74, 6) is -0.0180. The van der Waals surface area contributed by atoms with Crippen molar-refractivity contribution in [2.24, 2.45) is 5.41 Å². The molecule has 1 aliphatic rings. The number of nitrogens with one attached hydrogen (secondary N) is 1. The largest absolute Gasteiger partial charge is 0.393 e. The maximum Gasteiger partial charge on any atom is 0.267 e. The van der Waals surface area contributed by atoms with Crippen molar-refractivity contribution in [1.29, 1.82) is 0 Å². The van der Waals surface area contributed by atoms with Crippen LogP contribution in [-0.4, -0.2) is 28.2 Å². The van der Waals surface area contributed by atoms with Gasteiger partial charge in [-0.2, -0.15) is 0 Å². The highest BCUT2D eigenvalue weighted by molar-refractivity contribution is 5.92. The third kappa shape index (κ3) is 3.83. The molecule has 1 amide bonds. The summed E-state index contributed by atoms with van der Waals surface area (Å²) >= 11 is 0. The van der Waals surface area contributed by atoms with Gasteiger partial charge in [-0.05, 0) is 43.7 Å². The van der Waals surface area contributed by atoms with Crippen LogP contribution in [0.25, 0.3) is 0 Å². The summed E-state index contributed by atoms with van der Waals surface area (Å²) in [6.07, 6.45) is 4.65. The standard InChI is InChI=1S/C15H24N2O2/c1-11(18)9-15(2,3)10-16-14(19)13-5-4-8-17(13)12-6-7-12/h4-5,8,11-12,18H,6-7,9-10H2,1-3H3,(H,16,19). The minimum atomic E-state index is -0.345. The quantitative estimate of drug-likeness (QED) is 0.828. The average Bonchev–Trinajstić information content (AvgIpc) is 3.02. The molecule has 1 aromatic heterocycles. The van der Waals surface area contributed by atoms with Crippen molar-refractivity contribution < 1.29 is 9.90 Å². The number of aliphatic hydroxyl groups is 1. The van der Waals surface area contributed by atoms with Gasteiger partial charge in [-0.3, -0.25) is 4.79 Å². The summed E-state index contributed by atoms with van der Waals surface area (Å²) in [6.45, 7) is 6.47. The summed E-state index contributed by atoms with van der Waals surface area (Å²) < 4.78 is 2.07. The van der Waals surface area contributed by atoms with E-state index in [2.05, 4.69) is 23.7 Å². The lowest BCUT2D eigenvalue weighted by molar-refractivity contribution is 0.0893. The van der Waals surface area contributed by atoms with Gasteiger partial charge in [0.05, 0.1) is 6.10 Å². The number of hydrogen-bond donors (Lipinski definition) is 2. The summed E-state index contributed by atoms with van der Waals surface area (Å²) in [6, 6.07) is 4.31. The molecule has 0 aromatic carbocycles. The first kappa shape index (κ1) is 14.1. The molecule has 4 nitrogen and oxygen atoms in total. The minimum absolute atomic E-state index is 0.0180. The number of aliphatic hydroxyl groups excluding tert-OH is 1. The van der Waals surface area contributed by atoms with Crippen molar-refractivity contribution in [3.63, 3.8) is 0 Å². The molecule has 2 N–H and O–H groups in total. The lowest BCUT2D eigenvalue weighted by atomic mass is 9.87. The Balaban J connectivity index is 1.92. The van der Waals surface area contributed by atoms with Gasteiger partial charge in [0.25, 0.3) is 5.91 Å². The van der Waals surface area contributed by atoms with Gasteiger partial charge in [-0.25, -0.2) is 0 Å². The molecule has 1 aromatic rings. The number of nitrogens with zero attached hydrogens (tertiary/aromatic N) is 1. The Morgan fingerprint density at radius 1 is 1.58 bits per heavy atom. The molecule has 1 heterocycles. The fourth-order valence-corrected chi connectivity index (χ4v) is 2.54. The Morgan fingerprint density at radius 3 is 2.84 bits per heavy atom. The Bertz CT molecular complexity index is 445. The van der Waals surface area contributed by atoms with E-state index in [0.717, 1.165) is 5.69 Å². The summed E-state index contributed by atoms with van der Waals surface area (Å²) in [7, 11) is 0. The van der Waals surface area contributed by atoms with E-state index in [1.165, 1.54) is 12.8 Å². The second-order valence-electron chi connectivity index (χ2n) is 6.43. The Kier molecular flexibility index (Phi) is 3.99. The van der Waals surface area contributed by atoms with Crippen LogP contribution in [0.5, 0.6) is 0 Å². The second-order valence-corrected chi connectivity index (χ2v) is 6.43. The number of carbonyl (C=O) groups is 1. The summed E-state index contributed by atoms with van der Waals surface area (Å²) in [5, 5.41) is 12.4. The molecule has 1 fully saturated rings. The first-order chi connectivity index (χ1) is 8.89. The SMILES string of the molecule is CC(O)CC(C)(C)CNC(=O)c1cccn1C1CC1. The van der Waals surface area contributed by atoms with Crippen LogP contribution in [0.15, 0.2) is 18.3 Å². The molecule has 4 heteroatoms. The summed E-state index contributed by atoms with van der Waals surface area (Å²) in [4.78, 5) is 12.2.